The van der Waals surface area contributed by atoms with E-state index < -0.39 is 0 Å². The lowest BCUT2D eigenvalue weighted by molar-refractivity contribution is 0.139. The molecule has 7 heteroatoms. The summed E-state index contributed by atoms with van der Waals surface area (Å²) in [5.74, 6) is -0.333. The van der Waals surface area contributed by atoms with Gasteiger partial charge in [-0.3, -0.25) is 0 Å². The highest BCUT2D eigenvalue weighted by Gasteiger charge is 2.35. The summed E-state index contributed by atoms with van der Waals surface area (Å²) >= 11 is 0. The first-order valence-electron chi connectivity index (χ1n) is 10.0. The van der Waals surface area contributed by atoms with E-state index in [2.05, 4.69) is 5.32 Å². The van der Waals surface area contributed by atoms with Crippen molar-refractivity contribution in [3.8, 4) is 0 Å². The molecule has 1 N–H and O–H groups in total. The first-order chi connectivity index (χ1) is 14.1. The van der Waals surface area contributed by atoms with E-state index in [0.29, 0.717) is 25.3 Å². The van der Waals surface area contributed by atoms with Crippen LogP contribution >= 0.6 is 0 Å². The van der Waals surface area contributed by atoms with Crippen molar-refractivity contribution in [2.24, 2.45) is 0 Å². The highest BCUT2D eigenvalue weighted by atomic mass is 19.1. The quantitative estimate of drug-likeness (QED) is 0.856. The molecule has 152 valence electrons. The summed E-state index contributed by atoms with van der Waals surface area (Å²) in [7, 11) is 0. The Hall–Kier alpha value is -3.09. The van der Waals surface area contributed by atoms with E-state index >= 15 is 0 Å². The summed E-state index contributed by atoms with van der Waals surface area (Å²) in [5.41, 5.74) is 1.71. The number of hydrogen-bond donors (Lipinski definition) is 1. The number of benzene rings is 2. The highest BCUT2D eigenvalue weighted by Crippen LogP contribution is 2.23. The standard InChI is InChI=1S/C22H25FN4O2/c23-18-6-8-19(9-7-18)24-21(28)25-12-10-20(11-13-25)27-15-14-26(22(27)29)16-17-4-2-1-3-5-17/h1-9,20H,10-16H2,(H,24,28). The molecule has 0 spiro atoms. The molecule has 0 aliphatic carbocycles. The Labute approximate surface area is 169 Å². The number of urea groups is 2. The molecule has 2 saturated heterocycles. The second kappa shape index (κ2) is 8.51. The average molecular weight is 396 g/mol. The number of likely N-dealkylation sites (tertiary alicyclic amines) is 1. The summed E-state index contributed by atoms with van der Waals surface area (Å²) in [6, 6.07) is 15.8. The third-order valence-corrected chi connectivity index (χ3v) is 5.63. The van der Waals surface area contributed by atoms with Crippen LogP contribution in [0.1, 0.15) is 18.4 Å². The Kier molecular flexibility index (Phi) is 5.64. The number of rotatable bonds is 4. The van der Waals surface area contributed by atoms with Gasteiger partial charge in [0, 0.05) is 44.5 Å². The minimum absolute atomic E-state index is 0.0862. The normalized spacial score (nSPS) is 17.7. The number of piperidine rings is 1. The van der Waals surface area contributed by atoms with Gasteiger partial charge >= 0.3 is 12.1 Å². The molecule has 2 fully saturated rings. The minimum atomic E-state index is -0.333. The van der Waals surface area contributed by atoms with Crippen LogP contribution in [-0.4, -0.2) is 59.0 Å². The van der Waals surface area contributed by atoms with E-state index in [-0.39, 0.29) is 23.9 Å². The van der Waals surface area contributed by atoms with Gasteiger partial charge in [-0.2, -0.15) is 0 Å². The summed E-state index contributed by atoms with van der Waals surface area (Å²) < 4.78 is 13.0. The Morgan fingerprint density at radius 2 is 1.66 bits per heavy atom. The van der Waals surface area contributed by atoms with Gasteiger partial charge in [-0.1, -0.05) is 30.3 Å². The van der Waals surface area contributed by atoms with Gasteiger partial charge in [-0.25, -0.2) is 14.0 Å². The van der Waals surface area contributed by atoms with Gasteiger partial charge < -0.3 is 20.0 Å². The van der Waals surface area contributed by atoms with Crippen molar-refractivity contribution >= 4 is 17.7 Å². The number of carbonyl (C=O) groups excluding carboxylic acids is 2. The van der Waals surface area contributed by atoms with Crippen molar-refractivity contribution in [2.45, 2.75) is 25.4 Å². The predicted molar refractivity (Wildman–Crippen MR) is 109 cm³/mol. The van der Waals surface area contributed by atoms with Crippen molar-refractivity contribution in [3.63, 3.8) is 0 Å². The molecule has 4 rings (SSSR count). The smallest absolute Gasteiger partial charge is 0.321 e. The van der Waals surface area contributed by atoms with Crippen molar-refractivity contribution in [1.82, 2.24) is 14.7 Å². The fraction of sp³-hybridized carbons (Fsp3) is 0.364. The summed E-state index contributed by atoms with van der Waals surface area (Å²) in [6.07, 6.45) is 1.53. The van der Waals surface area contributed by atoms with Crippen LogP contribution in [0.5, 0.6) is 0 Å². The highest BCUT2D eigenvalue weighted by molar-refractivity contribution is 5.89. The van der Waals surface area contributed by atoms with E-state index in [1.165, 1.54) is 12.1 Å². The lowest BCUT2D eigenvalue weighted by atomic mass is 10.0. The number of halogens is 1. The molecule has 2 heterocycles. The molecule has 6 nitrogen and oxygen atoms in total. The first kappa shape index (κ1) is 19.2. The second-order valence-electron chi connectivity index (χ2n) is 7.54. The van der Waals surface area contributed by atoms with E-state index in [9.17, 15) is 14.0 Å². The maximum atomic E-state index is 13.0. The number of anilines is 1. The monoisotopic (exact) mass is 396 g/mol. The van der Waals surface area contributed by atoms with Crippen LogP contribution in [0.4, 0.5) is 19.7 Å². The number of nitrogens with one attached hydrogen (secondary N) is 1. The maximum Gasteiger partial charge on any atom is 0.321 e. The van der Waals surface area contributed by atoms with Gasteiger partial charge in [-0.15, -0.1) is 0 Å². The van der Waals surface area contributed by atoms with Crippen molar-refractivity contribution in [3.05, 3.63) is 66.0 Å². The molecular formula is C22H25FN4O2. The van der Waals surface area contributed by atoms with Gasteiger partial charge in [0.25, 0.3) is 0 Å². The molecule has 29 heavy (non-hydrogen) atoms. The Bertz CT molecular complexity index is 851. The summed E-state index contributed by atoms with van der Waals surface area (Å²) in [5, 5.41) is 2.80. The molecule has 0 saturated carbocycles. The number of nitrogens with zero attached hydrogens (tertiary/aromatic N) is 3. The Morgan fingerprint density at radius 1 is 0.966 bits per heavy atom. The molecule has 0 unspecified atom stereocenters. The molecule has 0 aromatic heterocycles. The largest absolute Gasteiger partial charge is 0.324 e. The molecule has 0 atom stereocenters. The molecule has 2 aromatic carbocycles. The van der Waals surface area contributed by atoms with Crippen molar-refractivity contribution in [1.29, 1.82) is 0 Å². The summed E-state index contributed by atoms with van der Waals surface area (Å²) in [4.78, 5) is 30.9. The van der Waals surface area contributed by atoms with Crippen LogP contribution in [0.3, 0.4) is 0 Å². The maximum absolute atomic E-state index is 13.0. The number of amides is 4. The molecular weight excluding hydrogens is 371 g/mol. The topological polar surface area (TPSA) is 55.9 Å². The molecule has 2 aliphatic heterocycles. The third kappa shape index (κ3) is 4.50. The average Bonchev–Trinajstić information content (AvgIpc) is 3.11. The van der Waals surface area contributed by atoms with Crippen molar-refractivity contribution < 1.29 is 14.0 Å². The molecule has 2 aliphatic rings. The van der Waals surface area contributed by atoms with Crippen LogP contribution in [0.25, 0.3) is 0 Å². The van der Waals surface area contributed by atoms with E-state index in [4.69, 9.17) is 0 Å². The first-order valence-corrected chi connectivity index (χ1v) is 10.0. The van der Waals surface area contributed by atoms with Gasteiger partial charge in [-0.05, 0) is 42.7 Å². The number of carbonyl (C=O) groups is 2. The van der Waals surface area contributed by atoms with Crippen LogP contribution < -0.4 is 5.32 Å². The van der Waals surface area contributed by atoms with E-state index in [0.717, 1.165) is 31.5 Å². The summed E-state index contributed by atoms with van der Waals surface area (Å²) in [6.45, 7) is 3.30. The molecule has 0 bridgehead atoms. The van der Waals surface area contributed by atoms with Crippen LogP contribution in [0, 0.1) is 5.82 Å². The van der Waals surface area contributed by atoms with E-state index in [1.807, 2.05) is 40.1 Å². The van der Waals surface area contributed by atoms with Crippen molar-refractivity contribution in [2.75, 3.05) is 31.5 Å². The van der Waals surface area contributed by atoms with Gasteiger partial charge in [0.2, 0.25) is 0 Å². The Balaban J connectivity index is 1.27. The molecule has 0 radical (unpaired) electrons. The SMILES string of the molecule is O=C(Nc1ccc(F)cc1)N1CCC(N2CCN(Cc3ccccc3)C2=O)CC1. The minimum Gasteiger partial charge on any atom is -0.324 e. The van der Waals surface area contributed by atoms with Gasteiger partial charge in [0.05, 0.1) is 0 Å². The van der Waals surface area contributed by atoms with Gasteiger partial charge in [0.1, 0.15) is 5.82 Å². The lowest BCUT2D eigenvalue weighted by Gasteiger charge is -2.36. The van der Waals surface area contributed by atoms with Crippen LogP contribution in [0.15, 0.2) is 54.6 Å². The third-order valence-electron chi connectivity index (χ3n) is 5.63. The number of hydrogen-bond acceptors (Lipinski definition) is 2. The van der Waals surface area contributed by atoms with Gasteiger partial charge in [0.15, 0.2) is 0 Å². The second-order valence-corrected chi connectivity index (χ2v) is 7.54. The van der Waals surface area contributed by atoms with Crippen LogP contribution in [0.2, 0.25) is 0 Å². The van der Waals surface area contributed by atoms with Crippen LogP contribution in [-0.2, 0) is 6.54 Å². The fourth-order valence-corrected chi connectivity index (χ4v) is 4.01. The predicted octanol–water partition coefficient (Wildman–Crippen LogP) is 3.76. The molecule has 4 amide bonds. The van der Waals surface area contributed by atoms with E-state index in [1.54, 1.807) is 17.0 Å². The lowest BCUT2D eigenvalue weighted by Crippen LogP contribution is -2.49. The zero-order valence-electron chi connectivity index (χ0n) is 16.3. The zero-order valence-corrected chi connectivity index (χ0v) is 16.3. The molecule has 2 aromatic rings. The Morgan fingerprint density at radius 3 is 2.34 bits per heavy atom. The fourth-order valence-electron chi connectivity index (χ4n) is 4.01. The zero-order chi connectivity index (χ0) is 20.2.